The number of aryl methyl sites for hydroxylation is 1. The summed E-state index contributed by atoms with van der Waals surface area (Å²) in [7, 11) is 0. The molecule has 5 heteroatoms. The van der Waals surface area contributed by atoms with Crippen LogP contribution < -0.4 is 5.32 Å². The van der Waals surface area contributed by atoms with Gasteiger partial charge in [0, 0.05) is 19.3 Å². The lowest BCUT2D eigenvalue weighted by atomic mass is 10.1. The zero-order valence-electron chi connectivity index (χ0n) is 12.7. The first-order valence-corrected chi connectivity index (χ1v) is 7.60. The van der Waals surface area contributed by atoms with Gasteiger partial charge in [0.15, 0.2) is 0 Å². The Balaban J connectivity index is 1.47. The minimum Gasteiger partial charge on any atom is -0.449 e. The van der Waals surface area contributed by atoms with Gasteiger partial charge in [0.25, 0.3) is 0 Å². The molecule has 0 aliphatic carbocycles. The number of anilines is 1. The third-order valence-corrected chi connectivity index (χ3v) is 4.01. The monoisotopic (exact) mass is 296 g/mol. The van der Waals surface area contributed by atoms with Gasteiger partial charge in [-0.1, -0.05) is 0 Å². The molecule has 0 spiro atoms. The van der Waals surface area contributed by atoms with Crippen molar-refractivity contribution in [2.24, 2.45) is 5.92 Å². The van der Waals surface area contributed by atoms with Crippen LogP contribution in [0.3, 0.4) is 0 Å². The van der Waals surface area contributed by atoms with E-state index in [4.69, 9.17) is 9.68 Å². The second-order valence-electron chi connectivity index (χ2n) is 5.87. The predicted molar refractivity (Wildman–Crippen MR) is 84.3 cm³/mol. The first kappa shape index (κ1) is 14.6. The largest absolute Gasteiger partial charge is 0.449 e. The highest BCUT2D eigenvalue weighted by atomic mass is 16.3. The Labute approximate surface area is 130 Å². The van der Waals surface area contributed by atoms with E-state index >= 15 is 0 Å². The molecule has 0 bridgehead atoms. The molecule has 114 valence electrons. The van der Waals surface area contributed by atoms with Crippen molar-refractivity contribution in [3.05, 3.63) is 47.5 Å². The molecule has 3 heterocycles. The summed E-state index contributed by atoms with van der Waals surface area (Å²) in [5.74, 6) is 2.82. The van der Waals surface area contributed by atoms with Crippen LogP contribution in [0.15, 0.2) is 34.9 Å². The van der Waals surface area contributed by atoms with Crippen LogP contribution in [0.1, 0.15) is 23.5 Å². The summed E-state index contributed by atoms with van der Waals surface area (Å²) in [6, 6.07) is 9.71. The SMILES string of the molecule is Cc1ccnc(NCC2CCN(Cc3ccc(C#N)o3)C2)c1. The van der Waals surface area contributed by atoms with Crippen molar-refractivity contribution in [1.29, 1.82) is 5.26 Å². The number of nitrogens with one attached hydrogen (secondary N) is 1. The van der Waals surface area contributed by atoms with Crippen LogP contribution in [0.5, 0.6) is 0 Å². The van der Waals surface area contributed by atoms with Gasteiger partial charge in [-0.15, -0.1) is 0 Å². The van der Waals surface area contributed by atoms with Gasteiger partial charge >= 0.3 is 0 Å². The van der Waals surface area contributed by atoms with Crippen molar-refractivity contribution in [1.82, 2.24) is 9.88 Å². The summed E-state index contributed by atoms with van der Waals surface area (Å²) < 4.78 is 5.44. The average molecular weight is 296 g/mol. The van der Waals surface area contributed by atoms with Crippen molar-refractivity contribution in [3.63, 3.8) is 0 Å². The van der Waals surface area contributed by atoms with Crippen molar-refractivity contribution in [2.45, 2.75) is 19.9 Å². The van der Waals surface area contributed by atoms with Gasteiger partial charge in [-0.3, -0.25) is 4.90 Å². The van der Waals surface area contributed by atoms with E-state index < -0.39 is 0 Å². The Morgan fingerprint density at radius 2 is 2.36 bits per heavy atom. The highest BCUT2D eigenvalue weighted by Crippen LogP contribution is 2.20. The van der Waals surface area contributed by atoms with Gasteiger partial charge in [0.1, 0.15) is 17.6 Å². The number of hydrogen-bond donors (Lipinski definition) is 1. The molecule has 22 heavy (non-hydrogen) atoms. The van der Waals surface area contributed by atoms with E-state index in [0.717, 1.165) is 37.8 Å². The number of nitrogens with zero attached hydrogens (tertiary/aromatic N) is 3. The van der Waals surface area contributed by atoms with Gasteiger partial charge in [-0.05, 0) is 55.6 Å². The summed E-state index contributed by atoms with van der Waals surface area (Å²) in [5.41, 5.74) is 1.22. The Kier molecular flexibility index (Phi) is 4.40. The smallest absolute Gasteiger partial charge is 0.203 e. The molecule has 0 saturated carbocycles. The van der Waals surface area contributed by atoms with E-state index in [2.05, 4.69) is 28.2 Å². The van der Waals surface area contributed by atoms with Gasteiger partial charge in [-0.2, -0.15) is 5.26 Å². The summed E-state index contributed by atoms with van der Waals surface area (Å²) in [5, 5.41) is 12.2. The topological polar surface area (TPSA) is 65.1 Å². The molecule has 0 aromatic carbocycles. The van der Waals surface area contributed by atoms with Gasteiger partial charge in [0.2, 0.25) is 5.76 Å². The number of rotatable bonds is 5. The molecule has 1 aliphatic rings. The molecule has 0 radical (unpaired) electrons. The Morgan fingerprint density at radius 1 is 1.45 bits per heavy atom. The van der Waals surface area contributed by atoms with Crippen LogP contribution in [0.4, 0.5) is 5.82 Å². The number of pyridine rings is 1. The normalized spacial score (nSPS) is 18.3. The number of nitriles is 1. The number of aromatic nitrogens is 1. The molecule has 2 aromatic heterocycles. The molecule has 5 nitrogen and oxygen atoms in total. The van der Waals surface area contributed by atoms with Crippen molar-refractivity contribution in [2.75, 3.05) is 25.0 Å². The number of furan rings is 1. The number of likely N-dealkylation sites (tertiary alicyclic amines) is 1. The quantitative estimate of drug-likeness (QED) is 0.919. The van der Waals surface area contributed by atoms with Crippen LogP contribution in [0, 0.1) is 24.2 Å². The molecule has 1 unspecified atom stereocenters. The van der Waals surface area contributed by atoms with E-state index in [0.29, 0.717) is 11.7 Å². The highest BCUT2D eigenvalue weighted by molar-refractivity contribution is 5.36. The van der Waals surface area contributed by atoms with Crippen LogP contribution in [-0.4, -0.2) is 29.5 Å². The minimum atomic E-state index is 0.387. The maximum absolute atomic E-state index is 8.78. The molecule has 2 aromatic rings. The summed E-state index contributed by atoms with van der Waals surface area (Å²) in [6.07, 6.45) is 3.01. The second kappa shape index (κ2) is 6.63. The zero-order valence-corrected chi connectivity index (χ0v) is 12.7. The Morgan fingerprint density at radius 3 is 3.14 bits per heavy atom. The van der Waals surface area contributed by atoms with Gasteiger partial charge in [0.05, 0.1) is 6.54 Å². The average Bonchev–Trinajstić information content (AvgIpc) is 3.15. The van der Waals surface area contributed by atoms with Crippen molar-refractivity contribution < 1.29 is 4.42 Å². The molecule has 1 N–H and O–H groups in total. The highest BCUT2D eigenvalue weighted by Gasteiger charge is 2.23. The summed E-state index contributed by atoms with van der Waals surface area (Å²) in [4.78, 5) is 6.70. The first-order chi connectivity index (χ1) is 10.7. The molecule has 1 aliphatic heterocycles. The molecule has 1 fully saturated rings. The molecular formula is C17H20N4O. The Hall–Kier alpha value is -2.32. The van der Waals surface area contributed by atoms with Crippen LogP contribution in [-0.2, 0) is 6.54 Å². The molecule has 3 rings (SSSR count). The fourth-order valence-electron chi connectivity index (χ4n) is 2.85. The maximum atomic E-state index is 8.78. The van der Waals surface area contributed by atoms with E-state index in [1.54, 1.807) is 6.07 Å². The molecule has 0 amide bonds. The van der Waals surface area contributed by atoms with Crippen LogP contribution in [0.2, 0.25) is 0 Å². The van der Waals surface area contributed by atoms with Crippen LogP contribution >= 0.6 is 0 Å². The van der Waals surface area contributed by atoms with Crippen molar-refractivity contribution in [3.8, 4) is 6.07 Å². The van der Waals surface area contributed by atoms with Crippen molar-refractivity contribution >= 4 is 5.82 Å². The zero-order chi connectivity index (χ0) is 15.4. The Bertz CT molecular complexity index is 673. The first-order valence-electron chi connectivity index (χ1n) is 7.60. The third-order valence-electron chi connectivity index (χ3n) is 4.01. The standard InChI is InChI=1S/C17H20N4O/c1-13-4-6-19-17(8-13)20-10-14-5-7-21(11-14)12-16-3-2-15(9-18)22-16/h2-4,6,8,14H,5,7,10-12H2,1H3,(H,19,20). The van der Waals surface area contributed by atoms with Gasteiger partial charge < -0.3 is 9.73 Å². The second-order valence-corrected chi connectivity index (χ2v) is 5.87. The van der Waals surface area contributed by atoms with E-state index in [9.17, 15) is 0 Å². The lowest BCUT2D eigenvalue weighted by molar-refractivity contribution is 0.287. The maximum Gasteiger partial charge on any atom is 0.203 e. The molecular weight excluding hydrogens is 276 g/mol. The lowest BCUT2D eigenvalue weighted by Crippen LogP contribution is -2.22. The lowest BCUT2D eigenvalue weighted by Gasteiger charge is -2.15. The van der Waals surface area contributed by atoms with E-state index in [1.807, 2.05) is 24.4 Å². The summed E-state index contributed by atoms with van der Waals surface area (Å²) in [6.45, 7) is 5.90. The minimum absolute atomic E-state index is 0.387. The van der Waals surface area contributed by atoms with Gasteiger partial charge in [-0.25, -0.2) is 4.98 Å². The predicted octanol–water partition coefficient (Wildman–Crippen LogP) is 2.79. The summed E-state index contributed by atoms with van der Waals surface area (Å²) >= 11 is 0. The molecule has 1 atom stereocenters. The fraction of sp³-hybridized carbons (Fsp3) is 0.412. The van der Waals surface area contributed by atoms with E-state index in [1.165, 1.54) is 12.0 Å². The van der Waals surface area contributed by atoms with E-state index in [-0.39, 0.29) is 0 Å². The van der Waals surface area contributed by atoms with Crippen LogP contribution in [0.25, 0.3) is 0 Å². The number of hydrogen-bond acceptors (Lipinski definition) is 5. The molecule has 1 saturated heterocycles. The third kappa shape index (κ3) is 3.66. The fourth-order valence-corrected chi connectivity index (χ4v) is 2.85.